The summed E-state index contributed by atoms with van der Waals surface area (Å²) >= 11 is 0. The Morgan fingerprint density at radius 3 is 2.68 bits per heavy atom. The van der Waals surface area contributed by atoms with Crippen LogP contribution in [0.25, 0.3) is 11.0 Å². The van der Waals surface area contributed by atoms with Crippen LogP contribution in [-0.4, -0.2) is 25.1 Å². The molecule has 8 heteroatoms. The molecule has 0 N–H and O–H groups in total. The Morgan fingerprint density at radius 2 is 1.84 bits per heavy atom. The molecule has 0 fully saturated rings. The van der Waals surface area contributed by atoms with E-state index < -0.39 is 11.6 Å². The molecule has 3 aromatic rings. The summed E-state index contributed by atoms with van der Waals surface area (Å²) in [6.45, 7) is 5.41. The van der Waals surface area contributed by atoms with Crippen molar-refractivity contribution in [1.29, 1.82) is 0 Å². The van der Waals surface area contributed by atoms with Gasteiger partial charge in [-0.25, -0.2) is 9.59 Å². The first-order valence-corrected chi connectivity index (χ1v) is 9.67. The van der Waals surface area contributed by atoms with E-state index >= 15 is 0 Å². The molecule has 1 aromatic heterocycles. The highest BCUT2D eigenvalue weighted by atomic mass is 16.7. The van der Waals surface area contributed by atoms with Crippen LogP contribution in [0.4, 0.5) is 0 Å². The molecule has 2 aromatic carbocycles. The number of fused-ring (bicyclic) bond motifs is 2. The maximum atomic E-state index is 12.1. The van der Waals surface area contributed by atoms with Crippen LogP contribution in [-0.2, 0) is 21.0 Å². The summed E-state index contributed by atoms with van der Waals surface area (Å²) in [6, 6.07) is 10.4. The first-order chi connectivity index (χ1) is 14.9. The number of oxime groups is 1. The van der Waals surface area contributed by atoms with Crippen LogP contribution in [0.5, 0.6) is 11.5 Å². The number of carbonyl (C=O) groups is 1. The Hall–Kier alpha value is -3.81. The van der Waals surface area contributed by atoms with Crippen molar-refractivity contribution in [2.75, 3.05) is 13.4 Å². The molecule has 0 unspecified atom stereocenters. The maximum absolute atomic E-state index is 12.1. The zero-order valence-electron chi connectivity index (χ0n) is 17.4. The van der Waals surface area contributed by atoms with Gasteiger partial charge < -0.3 is 23.5 Å². The minimum Gasteiger partial charge on any atom is -0.458 e. The second-order valence-electron chi connectivity index (χ2n) is 7.20. The summed E-state index contributed by atoms with van der Waals surface area (Å²) in [7, 11) is 0. The summed E-state index contributed by atoms with van der Waals surface area (Å²) in [5.74, 6) is 0.706. The number of nitrogens with zero attached hydrogens (tertiary/aromatic N) is 1. The summed E-state index contributed by atoms with van der Waals surface area (Å²) in [5, 5.41) is 4.68. The van der Waals surface area contributed by atoms with E-state index in [0.29, 0.717) is 28.4 Å². The number of rotatable bonds is 6. The van der Waals surface area contributed by atoms with Crippen molar-refractivity contribution < 1.29 is 28.3 Å². The van der Waals surface area contributed by atoms with Gasteiger partial charge in [0.1, 0.15) is 12.2 Å². The van der Waals surface area contributed by atoms with Gasteiger partial charge in [0.05, 0.1) is 5.71 Å². The predicted molar refractivity (Wildman–Crippen MR) is 112 cm³/mol. The molecular formula is C23H21NO7. The minimum absolute atomic E-state index is 0.0718. The van der Waals surface area contributed by atoms with Crippen LogP contribution in [0.2, 0.25) is 0 Å². The second-order valence-corrected chi connectivity index (χ2v) is 7.20. The van der Waals surface area contributed by atoms with Crippen molar-refractivity contribution in [3.63, 3.8) is 0 Å². The van der Waals surface area contributed by atoms with Crippen molar-refractivity contribution in [3.8, 4) is 11.5 Å². The van der Waals surface area contributed by atoms with Crippen LogP contribution < -0.4 is 15.1 Å². The first kappa shape index (κ1) is 20.5. The van der Waals surface area contributed by atoms with E-state index in [1.807, 2.05) is 26.0 Å². The van der Waals surface area contributed by atoms with Crippen molar-refractivity contribution in [2.45, 2.75) is 27.4 Å². The van der Waals surface area contributed by atoms with Gasteiger partial charge in [0.25, 0.3) is 0 Å². The smallest absolute Gasteiger partial charge is 0.347 e. The molecule has 4 rings (SSSR count). The molecule has 0 amide bonds. The average Bonchev–Trinajstić information content (AvgIpc) is 3.21. The van der Waals surface area contributed by atoms with Gasteiger partial charge in [0.2, 0.25) is 13.4 Å². The Kier molecular flexibility index (Phi) is 5.62. The molecule has 31 heavy (non-hydrogen) atoms. The molecule has 0 atom stereocenters. The fourth-order valence-corrected chi connectivity index (χ4v) is 3.16. The molecule has 1 aliphatic heterocycles. The van der Waals surface area contributed by atoms with E-state index in [-0.39, 0.29) is 20.0 Å². The second kappa shape index (κ2) is 8.51. The van der Waals surface area contributed by atoms with Crippen molar-refractivity contribution in [3.05, 3.63) is 69.1 Å². The van der Waals surface area contributed by atoms with Gasteiger partial charge in [-0.15, -0.1) is 0 Å². The number of benzene rings is 2. The molecule has 0 bridgehead atoms. The van der Waals surface area contributed by atoms with Gasteiger partial charge in [0, 0.05) is 22.6 Å². The molecule has 8 nitrogen and oxygen atoms in total. The van der Waals surface area contributed by atoms with Crippen LogP contribution in [0.1, 0.15) is 29.2 Å². The van der Waals surface area contributed by atoms with Crippen LogP contribution in [0.3, 0.4) is 0 Å². The SMILES string of the molecule is C/C(=N\OCC(=O)OCc1cc(=O)oc2cc(C)c(C)cc12)c1ccc2c(c1)OCO2. The van der Waals surface area contributed by atoms with Crippen LogP contribution in [0, 0.1) is 13.8 Å². The van der Waals surface area contributed by atoms with Gasteiger partial charge in [0.15, 0.2) is 11.5 Å². The summed E-state index contributed by atoms with van der Waals surface area (Å²) in [6.07, 6.45) is 0. The molecule has 160 valence electrons. The molecule has 0 aliphatic carbocycles. The first-order valence-electron chi connectivity index (χ1n) is 9.67. The monoisotopic (exact) mass is 423 g/mol. The number of aryl methyl sites for hydroxylation is 2. The Bertz CT molecular complexity index is 1240. The zero-order valence-corrected chi connectivity index (χ0v) is 17.4. The topological polar surface area (TPSA) is 96.6 Å². The summed E-state index contributed by atoms with van der Waals surface area (Å²) < 4.78 is 21.1. The van der Waals surface area contributed by atoms with E-state index in [9.17, 15) is 9.59 Å². The lowest BCUT2D eigenvalue weighted by Crippen LogP contribution is -2.12. The molecular weight excluding hydrogens is 402 g/mol. The van der Waals surface area contributed by atoms with Gasteiger partial charge in [-0.2, -0.15) is 0 Å². The number of esters is 1. The third kappa shape index (κ3) is 4.53. The molecule has 0 spiro atoms. The number of hydrogen-bond donors (Lipinski definition) is 0. The van der Waals surface area contributed by atoms with E-state index in [1.165, 1.54) is 6.07 Å². The Labute approximate surface area is 178 Å². The van der Waals surface area contributed by atoms with Crippen molar-refractivity contribution >= 4 is 22.7 Å². The normalized spacial score (nSPS) is 12.8. The van der Waals surface area contributed by atoms with E-state index in [4.69, 9.17) is 23.5 Å². The highest BCUT2D eigenvalue weighted by Crippen LogP contribution is 2.32. The van der Waals surface area contributed by atoms with Gasteiger partial charge in [-0.05, 0) is 62.2 Å². The number of ether oxygens (including phenoxy) is 3. The van der Waals surface area contributed by atoms with Gasteiger partial charge in [-0.1, -0.05) is 5.16 Å². The summed E-state index contributed by atoms with van der Waals surface area (Å²) in [5.41, 5.74) is 3.94. The van der Waals surface area contributed by atoms with Gasteiger partial charge >= 0.3 is 11.6 Å². The van der Waals surface area contributed by atoms with Crippen molar-refractivity contribution in [2.24, 2.45) is 5.16 Å². The number of hydrogen-bond acceptors (Lipinski definition) is 8. The predicted octanol–water partition coefficient (Wildman–Crippen LogP) is 3.62. The maximum Gasteiger partial charge on any atom is 0.347 e. The molecule has 1 aliphatic rings. The van der Waals surface area contributed by atoms with Gasteiger partial charge in [-0.3, -0.25) is 0 Å². The molecule has 0 saturated heterocycles. The van der Waals surface area contributed by atoms with E-state index in [2.05, 4.69) is 5.16 Å². The fourth-order valence-electron chi connectivity index (χ4n) is 3.16. The third-order valence-corrected chi connectivity index (χ3v) is 5.01. The summed E-state index contributed by atoms with van der Waals surface area (Å²) in [4.78, 5) is 29.0. The minimum atomic E-state index is -0.604. The lowest BCUT2D eigenvalue weighted by molar-refractivity contribution is -0.150. The van der Waals surface area contributed by atoms with Crippen LogP contribution in [0.15, 0.2) is 50.8 Å². The fraction of sp³-hybridized carbons (Fsp3) is 0.261. The van der Waals surface area contributed by atoms with Crippen molar-refractivity contribution in [1.82, 2.24) is 0 Å². The standard InChI is InChI=1S/C23H21NO7/c1-13-6-18-17(9-22(25)31-20(18)7-14(13)2)10-27-23(26)11-30-24-15(3)16-4-5-19-21(8-16)29-12-28-19/h4-9H,10-12H2,1-3H3/b24-15+. The number of carbonyl (C=O) groups excluding carboxylic acids is 1. The Balaban J connectivity index is 1.37. The van der Waals surface area contributed by atoms with Crippen LogP contribution >= 0.6 is 0 Å². The highest BCUT2D eigenvalue weighted by Gasteiger charge is 2.15. The molecule has 2 heterocycles. The highest BCUT2D eigenvalue weighted by molar-refractivity contribution is 5.99. The molecule has 0 radical (unpaired) electrons. The zero-order chi connectivity index (χ0) is 22.0. The van der Waals surface area contributed by atoms with E-state index in [0.717, 1.165) is 22.1 Å². The molecule has 0 saturated carbocycles. The lowest BCUT2D eigenvalue weighted by atomic mass is 10.0. The largest absolute Gasteiger partial charge is 0.458 e. The lowest BCUT2D eigenvalue weighted by Gasteiger charge is -2.09. The average molecular weight is 423 g/mol. The third-order valence-electron chi connectivity index (χ3n) is 5.01. The Morgan fingerprint density at radius 1 is 1.06 bits per heavy atom. The van der Waals surface area contributed by atoms with E-state index in [1.54, 1.807) is 25.1 Å². The quantitative estimate of drug-likeness (QED) is 0.259.